The lowest BCUT2D eigenvalue weighted by Crippen LogP contribution is -3.16. The first-order chi connectivity index (χ1) is 13.0. The Morgan fingerprint density at radius 1 is 1.11 bits per heavy atom. The summed E-state index contributed by atoms with van der Waals surface area (Å²) in [5, 5.41) is 3.18. The molecule has 2 aromatic carbocycles. The van der Waals surface area contributed by atoms with Gasteiger partial charge in [0.05, 0.1) is 32.2 Å². The molecule has 2 N–H and O–H groups in total. The van der Waals surface area contributed by atoms with E-state index in [0.29, 0.717) is 6.54 Å². The number of nitrogens with one attached hydrogen (secondary N) is 2. The van der Waals surface area contributed by atoms with E-state index in [2.05, 4.69) is 48.3 Å². The number of piperazine rings is 1. The summed E-state index contributed by atoms with van der Waals surface area (Å²) in [5.74, 6) is -0.105. The predicted octanol–water partition coefficient (Wildman–Crippen LogP) is 2.11. The summed E-state index contributed by atoms with van der Waals surface area (Å²) < 4.78 is 13.1. The highest BCUT2D eigenvalue weighted by molar-refractivity contribution is 5.77. The molecule has 144 valence electrons. The van der Waals surface area contributed by atoms with Crippen LogP contribution in [0.5, 0.6) is 0 Å². The van der Waals surface area contributed by atoms with Crippen molar-refractivity contribution in [2.24, 2.45) is 0 Å². The first-order valence-electron chi connectivity index (χ1n) is 9.75. The van der Waals surface area contributed by atoms with Crippen molar-refractivity contribution in [2.75, 3.05) is 37.6 Å². The van der Waals surface area contributed by atoms with Gasteiger partial charge in [0, 0.05) is 5.69 Å². The van der Waals surface area contributed by atoms with Crippen LogP contribution in [0.1, 0.15) is 30.5 Å². The fraction of sp³-hybridized carbons (Fsp3) is 0.409. The van der Waals surface area contributed by atoms with Crippen molar-refractivity contribution in [3.63, 3.8) is 0 Å². The van der Waals surface area contributed by atoms with Gasteiger partial charge in [-0.3, -0.25) is 4.79 Å². The lowest BCUT2D eigenvalue weighted by molar-refractivity contribution is -0.892. The third-order valence-electron chi connectivity index (χ3n) is 5.30. The fourth-order valence-electron chi connectivity index (χ4n) is 3.60. The number of amides is 1. The Morgan fingerprint density at radius 3 is 2.33 bits per heavy atom. The van der Waals surface area contributed by atoms with Gasteiger partial charge in [-0.15, -0.1) is 0 Å². The molecule has 1 amide bonds. The summed E-state index contributed by atoms with van der Waals surface area (Å²) >= 11 is 0. The molecule has 1 heterocycles. The van der Waals surface area contributed by atoms with Crippen LogP contribution in [0.25, 0.3) is 0 Å². The third kappa shape index (κ3) is 5.30. The van der Waals surface area contributed by atoms with E-state index in [0.717, 1.165) is 43.9 Å². The zero-order valence-corrected chi connectivity index (χ0v) is 16.2. The molecule has 3 rings (SSSR count). The minimum absolute atomic E-state index is 0.0676. The highest BCUT2D eigenvalue weighted by Crippen LogP contribution is 2.17. The Balaban J connectivity index is 1.48. The van der Waals surface area contributed by atoms with E-state index >= 15 is 0 Å². The smallest absolute Gasteiger partial charge is 0.275 e. The van der Waals surface area contributed by atoms with E-state index in [4.69, 9.17) is 0 Å². The van der Waals surface area contributed by atoms with Gasteiger partial charge >= 0.3 is 0 Å². The van der Waals surface area contributed by atoms with Crippen molar-refractivity contribution in [1.82, 2.24) is 5.32 Å². The zero-order chi connectivity index (χ0) is 19.2. The SMILES string of the molecule is CC[C@H](NC(=O)C[NH+]1CCN(c2ccc(F)cc2)CC1)c1ccc(C)cc1. The molecule has 27 heavy (non-hydrogen) atoms. The maximum Gasteiger partial charge on any atom is 0.275 e. The highest BCUT2D eigenvalue weighted by Gasteiger charge is 2.23. The van der Waals surface area contributed by atoms with Gasteiger partial charge in [0.1, 0.15) is 5.82 Å². The average Bonchev–Trinajstić information content (AvgIpc) is 2.68. The monoisotopic (exact) mass is 370 g/mol. The zero-order valence-electron chi connectivity index (χ0n) is 16.2. The standard InChI is InChI=1S/C22H28FN3O/c1-3-21(18-6-4-17(2)5-7-18)24-22(27)16-25-12-14-26(15-13-25)20-10-8-19(23)9-11-20/h4-11,21H,3,12-16H2,1-2H3,(H,24,27)/p+1/t21-/m0/s1. The Bertz CT molecular complexity index is 737. The summed E-state index contributed by atoms with van der Waals surface area (Å²) in [5.41, 5.74) is 3.43. The van der Waals surface area contributed by atoms with E-state index < -0.39 is 0 Å². The minimum atomic E-state index is -0.210. The molecule has 0 spiro atoms. The van der Waals surface area contributed by atoms with Crippen molar-refractivity contribution in [1.29, 1.82) is 0 Å². The Labute approximate surface area is 161 Å². The fourth-order valence-corrected chi connectivity index (χ4v) is 3.60. The summed E-state index contributed by atoms with van der Waals surface area (Å²) in [7, 11) is 0. The van der Waals surface area contributed by atoms with E-state index in [9.17, 15) is 9.18 Å². The van der Waals surface area contributed by atoms with Gasteiger partial charge < -0.3 is 15.1 Å². The molecule has 1 aliphatic heterocycles. The molecule has 1 fully saturated rings. The Hall–Kier alpha value is -2.40. The van der Waals surface area contributed by atoms with Crippen molar-refractivity contribution in [3.05, 3.63) is 65.5 Å². The number of hydrogen-bond donors (Lipinski definition) is 2. The lowest BCUT2D eigenvalue weighted by atomic mass is 10.0. The number of benzene rings is 2. The van der Waals surface area contributed by atoms with Crippen LogP contribution >= 0.6 is 0 Å². The van der Waals surface area contributed by atoms with Crippen LogP contribution in [0.3, 0.4) is 0 Å². The van der Waals surface area contributed by atoms with Crippen molar-refractivity contribution < 1.29 is 14.1 Å². The predicted molar refractivity (Wildman–Crippen MR) is 107 cm³/mol. The van der Waals surface area contributed by atoms with Crippen LogP contribution in [0.15, 0.2) is 48.5 Å². The quantitative estimate of drug-likeness (QED) is 0.817. The molecular weight excluding hydrogens is 341 g/mol. The third-order valence-corrected chi connectivity index (χ3v) is 5.30. The number of aryl methyl sites for hydroxylation is 1. The number of rotatable bonds is 6. The molecule has 0 aliphatic carbocycles. The van der Waals surface area contributed by atoms with Gasteiger partial charge in [0.25, 0.3) is 5.91 Å². The van der Waals surface area contributed by atoms with Crippen LogP contribution in [0, 0.1) is 12.7 Å². The van der Waals surface area contributed by atoms with Crippen LogP contribution in [-0.4, -0.2) is 38.6 Å². The molecule has 5 heteroatoms. The van der Waals surface area contributed by atoms with E-state index in [-0.39, 0.29) is 17.8 Å². The largest absolute Gasteiger partial charge is 0.360 e. The number of carbonyl (C=O) groups is 1. The first-order valence-corrected chi connectivity index (χ1v) is 9.75. The van der Waals surface area contributed by atoms with E-state index in [1.54, 1.807) is 0 Å². The normalized spacial score (nSPS) is 16.2. The van der Waals surface area contributed by atoms with Crippen LogP contribution in [0.4, 0.5) is 10.1 Å². The van der Waals surface area contributed by atoms with E-state index in [1.807, 2.05) is 12.1 Å². The number of hydrogen-bond acceptors (Lipinski definition) is 2. The molecule has 1 saturated heterocycles. The number of anilines is 1. The first kappa shape index (κ1) is 19.4. The molecule has 0 radical (unpaired) electrons. The molecule has 0 unspecified atom stereocenters. The highest BCUT2D eigenvalue weighted by atomic mass is 19.1. The van der Waals surface area contributed by atoms with Gasteiger partial charge in [-0.2, -0.15) is 0 Å². The Morgan fingerprint density at radius 2 is 1.74 bits per heavy atom. The summed E-state index contributed by atoms with van der Waals surface area (Å²) in [6, 6.07) is 15.1. The lowest BCUT2D eigenvalue weighted by Gasteiger charge is -2.33. The Kier molecular flexibility index (Phi) is 6.45. The van der Waals surface area contributed by atoms with Crippen LogP contribution in [-0.2, 0) is 4.79 Å². The topological polar surface area (TPSA) is 36.8 Å². The van der Waals surface area contributed by atoms with Crippen LogP contribution < -0.4 is 15.1 Å². The van der Waals surface area contributed by atoms with Gasteiger partial charge in [0.2, 0.25) is 0 Å². The molecular formula is C22H29FN3O+. The summed E-state index contributed by atoms with van der Waals surface area (Å²) in [6.07, 6.45) is 0.877. The average molecular weight is 370 g/mol. The number of halogens is 1. The molecule has 0 aromatic heterocycles. The molecule has 4 nitrogen and oxygen atoms in total. The van der Waals surface area contributed by atoms with Gasteiger partial charge in [-0.05, 0) is 43.2 Å². The number of nitrogens with zero attached hydrogens (tertiary/aromatic N) is 1. The molecule has 0 saturated carbocycles. The van der Waals surface area contributed by atoms with Crippen LogP contribution in [0.2, 0.25) is 0 Å². The van der Waals surface area contributed by atoms with Crippen molar-refractivity contribution >= 4 is 11.6 Å². The van der Waals surface area contributed by atoms with Gasteiger partial charge in [-0.25, -0.2) is 4.39 Å². The van der Waals surface area contributed by atoms with Crippen molar-refractivity contribution in [2.45, 2.75) is 26.3 Å². The second-order valence-corrected chi connectivity index (χ2v) is 7.33. The van der Waals surface area contributed by atoms with Crippen molar-refractivity contribution in [3.8, 4) is 0 Å². The second-order valence-electron chi connectivity index (χ2n) is 7.33. The molecule has 1 atom stereocenters. The molecule has 1 aliphatic rings. The number of carbonyl (C=O) groups excluding carboxylic acids is 1. The van der Waals surface area contributed by atoms with Gasteiger partial charge in [-0.1, -0.05) is 36.8 Å². The molecule has 0 bridgehead atoms. The maximum absolute atomic E-state index is 13.1. The summed E-state index contributed by atoms with van der Waals surface area (Å²) in [6.45, 7) is 8.24. The van der Waals surface area contributed by atoms with Gasteiger partial charge in [0.15, 0.2) is 6.54 Å². The number of quaternary nitrogens is 1. The second kappa shape index (κ2) is 9.00. The molecule has 2 aromatic rings. The summed E-state index contributed by atoms with van der Waals surface area (Å²) in [4.78, 5) is 16.1. The van der Waals surface area contributed by atoms with E-state index in [1.165, 1.54) is 22.6 Å². The minimum Gasteiger partial charge on any atom is -0.360 e. The maximum atomic E-state index is 13.1.